The molecule has 2 atom stereocenters. The normalized spacial score (nSPS) is 23.2. The summed E-state index contributed by atoms with van der Waals surface area (Å²) < 4.78 is 6.32. The number of nitrogens with zero attached hydrogens (tertiary/aromatic N) is 2. The quantitative estimate of drug-likeness (QED) is 0.435. The lowest BCUT2D eigenvalue weighted by atomic mass is 9.69. The number of ether oxygens (including phenoxy) is 1. The van der Waals surface area contributed by atoms with E-state index in [0.717, 1.165) is 18.9 Å². The molecule has 0 unspecified atom stereocenters. The smallest absolute Gasteiger partial charge is 0.199 e. The van der Waals surface area contributed by atoms with Gasteiger partial charge in [0, 0.05) is 6.54 Å². The van der Waals surface area contributed by atoms with Crippen molar-refractivity contribution in [2.75, 3.05) is 13.7 Å². The maximum absolute atomic E-state index is 6.32. The molecule has 1 aliphatic carbocycles. The summed E-state index contributed by atoms with van der Waals surface area (Å²) in [6.07, 6.45) is 5.53. The number of fused-ring (bicyclic) bond motifs is 1. The molecule has 0 bridgehead atoms. The van der Waals surface area contributed by atoms with E-state index in [1.54, 1.807) is 0 Å². The first-order chi connectivity index (χ1) is 16.0. The van der Waals surface area contributed by atoms with Crippen LogP contribution in [-0.4, -0.2) is 30.0 Å². The monoisotopic (exact) mass is 436 g/mol. The Morgan fingerprint density at radius 3 is 2.18 bits per heavy atom. The molecule has 0 saturated heterocycles. The van der Waals surface area contributed by atoms with Crippen LogP contribution in [0, 0.1) is 0 Å². The van der Waals surface area contributed by atoms with Crippen LogP contribution >= 0.6 is 0 Å². The molecule has 0 spiro atoms. The van der Waals surface area contributed by atoms with Gasteiger partial charge in [0.15, 0.2) is 5.90 Å². The van der Waals surface area contributed by atoms with E-state index in [4.69, 9.17) is 9.73 Å². The maximum Gasteiger partial charge on any atom is 0.199 e. The van der Waals surface area contributed by atoms with Crippen LogP contribution in [0.5, 0.6) is 0 Å². The van der Waals surface area contributed by atoms with Gasteiger partial charge in [0.2, 0.25) is 0 Å². The molecule has 3 aromatic rings. The van der Waals surface area contributed by atoms with Crippen LogP contribution in [0.25, 0.3) is 0 Å². The molecular weight excluding hydrogens is 404 g/mol. The highest BCUT2D eigenvalue weighted by Gasteiger charge is 2.46. The van der Waals surface area contributed by atoms with Crippen molar-refractivity contribution in [3.05, 3.63) is 119 Å². The minimum atomic E-state index is -0.407. The van der Waals surface area contributed by atoms with Gasteiger partial charge < -0.3 is 4.74 Å². The lowest BCUT2D eigenvalue weighted by molar-refractivity contribution is 0.255. The molecule has 0 radical (unpaired) electrons. The second kappa shape index (κ2) is 8.64. The van der Waals surface area contributed by atoms with Crippen molar-refractivity contribution < 1.29 is 4.74 Å². The summed E-state index contributed by atoms with van der Waals surface area (Å²) in [5.41, 5.74) is 4.60. The summed E-state index contributed by atoms with van der Waals surface area (Å²) >= 11 is 0. The van der Waals surface area contributed by atoms with Crippen LogP contribution in [-0.2, 0) is 23.1 Å². The van der Waals surface area contributed by atoms with Gasteiger partial charge in [0.25, 0.3) is 0 Å². The van der Waals surface area contributed by atoms with Gasteiger partial charge in [-0.3, -0.25) is 4.90 Å². The third kappa shape index (κ3) is 4.26. The zero-order valence-electron chi connectivity index (χ0n) is 19.7. The molecule has 3 heteroatoms. The molecule has 0 N–H and O–H groups in total. The summed E-state index contributed by atoms with van der Waals surface area (Å²) in [6, 6.07) is 30.4. The Balaban J connectivity index is 1.58. The average Bonchev–Trinajstić information content (AvgIpc) is 3.20. The Kier molecular flexibility index (Phi) is 5.67. The Morgan fingerprint density at radius 2 is 1.52 bits per heavy atom. The van der Waals surface area contributed by atoms with Crippen molar-refractivity contribution >= 4 is 5.90 Å². The summed E-state index contributed by atoms with van der Waals surface area (Å²) in [5, 5.41) is 0. The van der Waals surface area contributed by atoms with Gasteiger partial charge in [0.1, 0.15) is 6.61 Å². The van der Waals surface area contributed by atoms with Gasteiger partial charge >= 0.3 is 0 Å². The van der Waals surface area contributed by atoms with Gasteiger partial charge in [-0.25, -0.2) is 4.99 Å². The van der Waals surface area contributed by atoms with Crippen molar-refractivity contribution in [1.29, 1.82) is 0 Å². The number of benzene rings is 3. The van der Waals surface area contributed by atoms with Crippen LogP contribution in [0.2, 0.25) is 0 Å². The molecule has 0 fully saturated rings. The molecule has 0 saturated carbocycles. The predicted molar refractivity (Wildman–Crippen MR) is 136 cm³/mol. The van der Waals surface area contributed by atoms with Crippen LogP contribution in [0.15, 0.2) is 102 Å². The highest BCUT2D eigenvalue weighted by molar-refractivity contribution is 5.93. The molecule has 168 valence electrons. The molecule has 3 aromatic carbocycles. The summed E-state index contributed by atoms with van der Waals surface area (Å²) in [5.74, 6) is 0.837. The van der Waals surface area contributed by atoms with E-state index in [0.29, 0.717) is 6.61 Å². The molecule has 1 aliphatic heterocycles. The first-order valence-electron chi connectivity index (χ1n) is 11.8. The summed E-state index contributed by atoms with van der Waals surface area (Å²) in [4.78, 5) is 7.49. The topological polar surface area (TPSA) is 24.8 Å². The largest absolute Gasteiger partial charge is 0.478 e. The van der Waals surface area contributed by atoms with Crippen LogP contribution in [0.4, 0.5) is 0 Å². The molecule has 0 amide bonds. The first-order valence-corrected chi connectivity index (χ1v) is 11.8. The Labute approximate surface area is 197 Å². The van der Waals surface area contributed by atoms with E-state index in [-0.39, 0.29) is 11.6 Å². The number of likely N-dealkylation sites (N-methyl/N-ethyl adjacent to an activating group) is 1. The van der Waals surface area contributed by atoms with Crippen LogP contribution in [0.1, 0.15) is 42.1 Å². The fourth-order valence-corrected chi connectivity index (χ4v) is 5.11. The summed E-state index contributed by atoms with van der Waals surface area (Å²) in [6.45, 7) is 5.79. The second-order valence-corrected chi connectivity index (χ2v) is 9.94. The number of aliphatic imine (C=N–C) groups is 1. The minimum absolute atomic E-state index is 0.195. The average molecular weight is 437 g/mol. The molecule has 2 aliphatic rings. The zero-order chi connectivity index (χ0) is 22.9. The molecule has 0 aromatic heterocycles. The minimum Gasteiger partial charge on any atom is -0.478 e. The Hall–Kier alpha value is -3.17. The highest BCUT2D eigenvalue weighted by atomic mass is 16.5. The molecule has 1 heterocycles. The summed E-state index contributed by atoms with van der Waals surface area (Å²) in [7, 11) is 2.20. The third-order valence-corrected chi connectivity index (χ3v) is 6.75. The molecular formula is C30H32N2O. The van der Waals surface area contributed by atoms with E-state index in [1.807, 2.05) is 0 Å². The van der Waals surface area contributed by atoms with E-state index < -0.39 is 5.41 Å². The number of hydrogen-bond donors (Lipinski definition) is 0. The predicted octanol–water partition coefficient (Wildman–Crippen LogP) is 6.12. The van der Waals surface area contributed by atoms with E-state index in [9.17, 15) is 0 Å². The second-order valence-electron chi connectivity index (χ2n) is 9.94. The van der Waals surface area contributed by atoms with Crippen molar-refractivity contribution in [3.63, 3.8) is 0 Å². The first kappa shape index (κ1) is 21.7. The molecule has 3 nitrogen and oxygen atoms in total. The highest BCUT2D eigenvalue weighted by Crippen LogP contribution is 2.44. The third-order valence-electron chi connectivity index (χ3n) is 6.75. The van der Waals surface area contributed by atoms with Gasteiger partial charge in [0.05, 0.1) is 17.0 Å². The van der Waals surface area contributed by atoms with Crippen molar-refractivity contribution in [2.24, 2.45) is 4.99 Å². The van der Waals surface area contributed by atoms with Crippen LogP contribution < -0.4 is 0 Å². The van der Waals surface area contributed by atoms with Gasteiger partial charge in [-0.2, -0.15) is 0 Å². The maximum atomic E-state index is 6.32. The Morgan fingerprint density at radius 1 is 0.879 bits per heavy atom. The Bertz CT molecular complexity index is 1170. The van der Waals surface area contributed by atoms with E-state index >= 15 is 0 Å². The van der Waals surface area contributed by atoms with Crippen molar-refractivity contribution in [2.45, 2.75) is 43.8 Å². The van der Waals surface area contributed by atoms with E-state index in [2.05, 4.69) is 123 Å². The number of rotatable bonds is 6. The van der Waals surface area contributed by atoms with Crippen molar-refractivity contribution in [3.8, 4) is 0 Å². The van der Waals surface area contributed by atoms with Crippen LogP contribution in [0.3, 0.4) is 0 Å². The van der Waals surface area contributed by atoms with E-state index in [1.165, 1.54) is 22.3 Å². The zero-order valence-corrected chi connectivity index (χ0v) is 19.7. The molecule has 5 rings (SSSR count). The molecule has 33 heavy (non-hydrogen) atoms. The fourth-order valence-electron chi connectivity index (χ4n) is 5.11. The lowest BCUT2D eigenvalue weighted by Gasteiger charge is -2.40. The fraction of sp³-hybridized carbons (Fsp3) is 0.300. The SMILES string of the molecule is CN(Cc1ccccc1)[C@@H]1C=C[C@](Cc2ccccc2)(C2=NC(C)(C)CO2)c2ccccc21. The standard InChI is InChI=1S/C30H32N2O/c1-29(2)22-33-28(31-29)30(20-23-12-6-4-7-13-23)19-18-27(25-16-10-11-17-26(25)30)32(3)21-24-14-8-5-9-15-24/h4-19,27H,20-22H2,1-3H3/t27-,30-/m1/s1. The van der Waals surface area contributed by atoms with Crippen molar-refractivity contribution in [1.82, 2.24) is 4.90 Å². The number of hydrogen-bond acceptors (Lipinski definition) is 3. The lowest BCUT2D eigenvalue weighted by Crippen LogP contribution is -2.41. The van der Waals surface area contributed by atoms with Gasteiger partial charge in [-0.05, 0) is 49.6 Å². The van der Waals surface area contributed by atoms with Gasteiger partial charge in [-0.1, -0.05) is 97.1 Å². The van der Waals surface area contributed by atoms with Gasteiger partial charge in [-0.15, -0.1) is 0 Å².